The van der Waals surface area contributed by atoms with E-state index in [0.29, 0.717) is 49.0 Å². The van der Waals surface area contributed by atoms with Gasteiger partial charge in [0.25, 0.3) is 15.9 Å². The Morgan fingerprint density at radius 1 is 1.16 bits per heavy atom. The van der Waals surface area contributed by atoms with Crippen molar-refractivity contribution in [2.24, 2.45) is 11.8 Å². The molecule has 12 heteroatoms. The third-order valence-corrected chi connectivity index (χ3v) is 11.8. The van der Waals surface area contributed by atoms with Crippen LogP contribution in [0.5, 0.6) is 5.75 Å². The second kappa shape index (κ2) is 11.5. The van der Waals surface area contributed by atoms with Gasteiger partial charge in [0.05, 0.1) is 23.8 Å². The molecule has 45 heavy (non-hydrogen) atoms. The lowest BCUT2D eigenvalue weighted by molar-refractivity contribution is -0.132. The standard InChI is InChI=1S/C33H38ClN3O7S/c1-35-31(39)44-28-5-3-15-43-33(13-14-33)30(38)36-45(40,41)24-8-11-29-27(17-24)37(18-22-6-9-25(22)28)19-32(20-42-29)12-2-4-21-16-23(34)7-10-26(21)32/h3,5,7-8,10-11,16-17,22,25,28H,2,4,6,9,12-15,18-20H2,1H3,(H,35,39)(H,36,38)/b5-3+/t22-,25+,28-,32-/m0/s1. The van der Waals surface area contributed by atoms with Gasteiger partial charge < -0.3 is 24.4 Å². The normalized spacial score (nSPS) is 30.4. The summed E-state index contributed by atoms with van der Waals surface area (Å²) in [4.78, 5) is 27.8. The summed E-state index contributed by atoms with van der Waals surface area (Å²) in [6.45, 7) is 1.75. The lowest BCUT2D eigenvalue weighted by Crippen LogP contribution is -2.50. The molecule has 2 aromatic carbocycles. The Balaban J connectivity index is 1.31. The predicted molar refractivity (Wildman–Crippen MR) is 168 cm³/mol. The van der Waals surface area contributed by atoms with Gasteiger partial charge in [-0.15, -0.1) is 0 Å². The zero-order chi connectivity index (χ0) is 31.4. The number of fused-ring (bicyclic) bond motifs is 4. The third kappa shape index (κ3) is 5.67. The first-order valence-electron chi connectivity index (χ1n) is 15.7. The van der Waals surface area contributed by atoms with Crippen molar-refractivity contribution in [3.63, 3.8) is 0 Å². The molecule has 2 saturated carbocycles. The van der Waals surface area contributed by atoms with Gasteiger partial charge in [-0.1, -0.05) is 23.7 Å². The highest BCUT2D eigenvalue weighted by Crippen LogP contribution is 2.47. The van der Waals surface area contributed by atoms with Gasteiger partial charge in [-0.2, -0.15) is 0 Å². The van der Waals surface area contributed by atoms with E-state index in [9.17, 15) is 18.0 Å². The van der Waals surface area contributed by atoms with Gasteiger partial charge in [0.2, 0.25) is 0 Å². The summed E-state index contributed by atoms with van der Waals surface area (Å²) >= 11 is 6.40. The molecule has 2 aliphatic heterocycles. The molecular weight excluding hydrogens is 618 g/mol. The molecule has 2 aromatic rings. The SMILES string of the molecule is CNC(=O)O[C@H]1/C=C/COC2(CC2)C(=O)NS(=O)(=O)c2ccc3c(c2)N(C[C@@H]2CC[C@H]21)C[C@@]1(CCCc2cc(Cl)ccc21)CO3. The smallest absolute Gasteiger partial charge is 0.407 e. The summed E-state index contributed by atoms with van der Waals surface area (Å²) in [7, 11) is -2.65. The van der Waals surface area contributed by atoms with Crippen LogP contribution < -0.4 is 19.7 Å². The maximum Gasteiger partial charge on any atom is 0.407 e. The fourth-order valence-electron chi connectivity index (χ4n) is 7.47. The lowest BCUT2D eigenvalue weighted by Gasteiger charge is -2.45. The van der Waals surface area contributed by atoms with Crippen LogP contribution in [0, 0.1) is 11.8 Å². The van der Waals surface area contributed by atoms with Crippen LogP contribution in [0.25, 0.3) is 0 Å². The third-order valence-electron chi connectivity index (χ3n) is 10.2. The summed E-state index contributed by atoms with van der Waals surface area (Å²) in [5.74, 6) is 0.136. The highest BCUT2D eigenvalue weighted by molar-refractivity contribution is 7.90. The van der Waals surface area contributed by atoms with Gasteiger partial charge >= 0.3 is 6.09 Å². The minimum atomic E-state index is -4.18. The number of amides is 2. The van der Waals surface area contributed by atoms with Crippen molar-refractivity contribution in [3.8, 4) is 5.75 Å². The number of benzene rings is 2. The second-order valence-corrected chi connectivity index (χ2v) is 15.1. The zero-order valence-corrected chi connectivity index (χ0v) is 26.8. The molecule has 4 atom stereocenters. The molecule has 10 nitrogen and oxygen atoms in total. The van der Waals surface area contributed by atoms with Crippen molar-refractivity contribution < 1.29 is 32.2 Å². The number of alkyl carbamates (subject to hydrolysis) is 1. The Kier molecular flexibility index (Phi) is 7.77. The van der Waals surface area contributed by atoms with Crippen LogP contribution in [0.1, 0.15) is 49.7 Å². The first-order valence-corrected chi connectivity index (χ1v) is 17.5. The van der Waals surface area contributed by atoms with Gasteiger partial charge in [-0.25, -0.2) is 17.9 Å². The maximum absolute atomic E-state index is 13.6. The fraction of sp³-hybridized carbons (Fsp3) is 0.515. The number of aryl methyl sites for hydroxylation is 1. The molecule has 2 amide bonds. The summed E-state index contributed by atoms with van der Waals surface area (Å²) < 4.78 is 47.6. The highest BCUT2D eigenvalue weighted by atomic mass is 35.5. The van der Waals surface area contributed by atoms with Crippen molar-refractivity contribution in [2.45, 2.75) is 67.0 Å². The lowest BCUT2D eigenvalue weighted by atomic mass is 9.68. The van der Waals surface area contributed by atoms with Gasteiger partial charge in [0, 0.05) is 36.5 Å². The van der Waals surface area contributed by atoms with E-state index >= 15 is 0 Å². The van der Waals surface area contributed by atoms with Crippen molar-refractivity contribution in [1.82, 2.24) is 10.0 Å². The Hall–Kier alpha value is -3.28. The molecule has 7 rings (SSSR count). The molecule has 2 bridgehead atoms. The Labute approximate surface area is 268 Å². The number of hydrogen-bond acceptors (Lipinski definition) is 8. The van der Waals surface area contributed by atoms with E-state index < -0.39 is 33.7 Å². The molecule has 2 N–H and O–H groups in total. The van der Waals surface area contributed by atoms with Crippen molar-refractivity contribution in [3.05, 3.63) is 64.7 Å². The van der Waals surface area contributed by atoms with Crippen molar-refractivity contribution in [1.29, 1.82) is 0 Å². The number of nitrogens with one attached hydrogen (secondary N) is 2. The van der Waals surface area contributed by atoms with Crippen molar-refractivity contribution >= 4 is 39.3 Å². The van der Waals surface area contributed by atoms with E-state index in [1.54, 1.807) is 18.2 Å². The molecule has 5 aliphatic rings. The van der Waals surface area contributed by atoms with Gasteiger partial charge in [-0.05, 0) is 98.4 Å². The summed E-state index contributed by atoms with van der Waals surface area (Å²) in [5.41, 5.74) is 1.55. The Morgan fingerprint density at radius 3 is 2.76 bits per heavy atom. The fourth-order valence-corrected chi connectivity index (χ4v) is 8.73. The first kappa shape index (κ1) is 30.4. The zero-order valence-electron chi connectivity index (χ0n) is 25.2. The molecule has 0 radical (unpaired) electrons. The molecule has 0 saturated heterocycles. The Bertz CT molecular complexity index is 1660. The summed E-state index contributed by atoms with van der Waals surface area (Å²) in [6, 6.07) is 10.9. The summed E-state index contributed by atoms with van der Waals surface area (Å²) in [5, 5.41) is 3.26. The van der Waals surface area contributed by atoms with Crippen LogP contribution >= 0.6 is 11.6 Å². The molecule has 2 fully saturated rings. The molecule has 0 aromatic heterocycles. The number of halogens is 1. The quantitative estimate of drug-likeness (QED) is 0.431. The molecule has 240 valence electrons. The molecule has 2 spiro atoms. The highest BCUT2D eigenvalue weighted by Gasteiger charge is 2.53. The van der Waals surface area contributed by atoms with Gasteiger partial charge in [0.1, 0.15) is 17.5 Å². The van der Waals surface area contributed by atoms with E-state index in [2.05, 4.69) is 21.0 Å². The maximum atomic E-state index is 13.6. The number of anilines is 1. The van der Waals surface area contributed by atoms with Crippen LogP contribution in [0.3, 0.4) is 0 Å². The molecule has 0 unspecified atom stereocenters. The van der Waals surface area contributed by atoms with Gasteiger partial charge in [0.15, 0.2) is 0 Å². The van der Waals surface area contributed by atoms with Crippen molar-refractivity contribution in [2.75, 3.05) is 38.3 Å². The first-order chi connectivity index (χ1) is 21.6. The van der Waals surface area contributed by atoms with Gasteiger partial charge in [-0.3, -0.25) is 4.79 Å². The van der Waals surface area contributed by atoms with E-state index in [1.807, 2.05) is 18.2 Å². The number of carbonyl (C=O) groups excluding carboxylic acids is 2. The summed E-state index contributed by atoms with van der Waals surface area (Å²) in [6.07, 6.45) is 8.09. The Morgan fingerprint density at radius 2 is 2.00 bits per heavy atom. The van der Waals surface area contributed by atoms with Crippen LogP contribution in [-0.4, -0.2) is 65.5 Å². The van der Waals surface area contributed by atoms with E-state index in [-0.39, 0.29) is 28.8 Å². The van der Waals surface area contributed by atoms with Crippen LogP contribution in [-0.2, 0) is 36.1 Å². The minimum Gasteiger partial charge on any atom is -0.490 e. The number of hydrogen-bond donors (Lipinski definition) is 2. The van der Waals surface area contributed by atoms with E-state index in [0.717, 1.165) is 32.1 Å². The number of carbonyl (C=O) groups is 2. The molecule has 3 aliphatic carbocycles. The number of ether oxygens (including phenoxy) is 3. The van der Waals surface area contributed by atoms with Crippen LogP contribution in [0.2, 0.25) is 5.02 Å². The average Bonchev–Trinajstić information content (AvgIpc) is 3.81. The molecule has 2 heterocycles. The average molecular weight is 656 g/mol. The number of nitrogens with zero attached hydrogens (tertiary/aromatic N) is 1. The largest absolute Gasteiger partial charge is 0.490 e. The monoisotopic (exact) mass is 655 g/mol. The van der Waals surface area contributed by atoms with Crippen LogP contribution in [0.15, 0.2) is 53.4 Å². The topological polar surface area (TPSA) is 123 Å². The number of rotatable bonds is 1. The second-order valence-electron chi connectivity index (χ2n) is 13.0. The predicted octanol–water partition coefficient (Wildman–Crippen LogP) is 4.49. The minimum absolute atomic E-state index is 0.0104. The molecular formula is C33H38ClN3O7S. The van der Waals surface area contributed by atoms with E-state index in [1.165, 1.54) is 24.2 Å². The number of sulfonamides is 1. The van der Waals surface area contributed by atoms with E-state index in [4.69, 9.17) is 25.8 Å². The van der Waals surface area contributed by atoms with Crippen LogP contribution in [0.4, 0.5) is 10.5 Å².